The molecule has 0 unspecified atom stereocenters. The van der Waals surface area contributed by atoms with Gasteiger partial charge in [0.25, 0.3) is 0 Å². The fraction of sp³-hybridized carbons (Fsp3) is 0.857. The number of carbonyl (C=O) groups excluding carboxylic acids is 1. The molecule has 1 aliphatic rings. The Labute approximate surface area is 91.7 Å². The van der Waals surface area contributed by atoms with Crippen LogP contribution < -0.4 is 21.7 Å². The van der Waals surface area contributed by atoms with Crippen molar-refractivity contribution in [3.8, 4) is 0 Å². The Hall–Kier alpha value is -0.122. The summed E-state index contributed by atoms with van der Waals surface area (Å²) in [4.78, 5) is 8.33. The van der Waals surface area contributed by atoms with Gasteiger partial charge in [-0.2, -0.15) is 0 Å². The Morgan fingerprint density at radius 1 is 1.08 bits per heavy atom. The van der Waals surface area contributed by atoms with Gasteiger partial charge in [0.15, 0.2) is 0 Å². The van der Waals surface area contributed by atoms with Crippen LogP contribution in [0.1, 0.15) is 32.1 Å². The van der Waals surface area contributed by atoms with Crippen LogP contribution in [0.5, 0.6) is 0 Å². The molecule has 0 saturated heterocycles. The van der Waals surface area contributed by atoms with Crippen LogP contribution in [-0.4, -0.2) is 11.8 Å². The van der Waals surface area contributed by atoms with E-state index in [9.17, 15) is 0 Å². The fourth-order valence-corrected chi connectivity index (χ4v) is 1.21. The van der Waals surface area contributed by atoms with E-state index < -0.39 is 6.16 Å². The molecule has 5 nitrogen and oxygen atoms in total. The van der Waals surface area contributed by atoms with Crippen molar-refractivity contribution in [2.75, 3.05) is 0 Å². The third-order valence-electron chi connectivity index (χ3n) is 1.78. The molecule has 1 aliphatic carbocycles. The van der Waals surface area contributed by atoms with E-state index >= 15 is 0 Å². The molecule has 0 aromatic rings. The van der Waals surface area contributed by atoms with Crippen LogP contribution in [0, 0.1) is 0 Å². The van der Waals surface area contributed by atoms with Crippen LogP contribution in [0.2, 0.25) is 0 Å². The first-order chi connectivity index (χ1) is 5.44. The van der Waals surface area contributed by atoms with Gasteiger partial charge in [-0.25, -0.2) is 0 Å². The quantitative estimate of drug-likeness (QED) is 0.485. The number of hydrogen-bond acceptors (Lipinski definition) is 5. The zero-order valence-corrected chi connectivity index (χ0v) is 9.50. The van der Waals surface area contributed by atoms with E-state index in [-0.39, 0.29) is 26.7 Å². The summed E-state index contributed by atoms with van der Waals surface area (Å²) in [5, 5.41) is 16.7. The summed E-state index contributed by atoms with van der Waals surface area (Å²) in [5.74, 6) is 0. The van der Waals surface area contributed by atoms with Gasteiger partial charge in [0.1, 0.15) is 0 Å². The van der Waals surface area contributed by atoms with Crippen LogP contribution >= 0.6 is 0 Å². The number of rotatable bonds is 0. The van der Waals surface area contributed by atoms with Crippen molar-refractivity contribution in [3.05, 3.63) is 0 Å². The molecule has 0 atom stereocenters. The molecule has 0 bridgehead atoms. The molecule has 13 heavy (non-hydrogen) atoms. The summed E-state index contributed by atoms with van der Waals surface area (Å²) < 4.78 is 0. The Bertz CT molecular complexity index is 141. The molecular weight excluding hydrogens is 355 g/mol. The van der Waals surface area contributed by atoms with Gasteiger partial charge >= 0.3 is 21.1 Å². The molecule has 1 fully saturated rings. The largest absolute Gasteiger partial charge is 2.00 e. The van der Waals surface area contributed by atoms with Crippen LogP contribution in [0.15, 0.2) is 0 Å². The van der Waals surface area contributed by atoms with Crippen molar-refractivity contribution in [2.24, 2.45) is 11.5 Å². The second-order valence-corrected chi connectivity index (χ2v) is 3.04. The predicted octanol–water partition coefficient (Wildman–Crippen LogP) is -1.89. The van der Waals surface area contributed by atoms with Crippen LogP contribution in [0.3, 0.4) is 0 Å². The van der Waals surface area contributed by atoms with Gasteiger partial charge in [0.05, 0.1) is 5.66 Å². The van der Waals surface area contributed by atoms with Crippen molar-refractivity contribution in [1.82, 2.24) is 0 Å². The third kappa shape index (κ3) is 11.9. The molecule has 0 amide bonds. The minimum atomic E-state index is -2.33. The summed E-state index contributed by atoms with van der Waals surface area (Å²) in [5.41, 5.74) is 11.0. The second-order valence-electron chi connectivity index (χ2n) is 3.04. The Morgan fingerprint density at radius 3 is 1.54 bits per heavy atom. The molecule has 1 rings (SSSR count). The molecule has 80 valence electrons. The van der Waals surface area contributed by atoms with E-state index in [2.05, 4.69) is 0 Å². The van der Waals surface area contributed by atoms with Gasteiger partial charge in [-0.1, -0.05) is 19.3 Å². The standard InChI is InChI=1S/C6H14N2.CH2O3.Pt/c7-6(8)4-2-1-3-5-6;2-1(3)4;/h1-5,7-8H2;(H2,2,3,4);/q;;+2/p-2. The summed E-state index contributed by atoms with van der Waals surface area (Å²) in [6, 6.07) is 0. The average Bonchev–Trinajstić information content (AvgIpc) is 1.85. The average molecular weight is 369 g/mol. The molecule has 0 heterocycles. The van der Waals surface area contributed by atoms with Crippen LogP contribution in [-0.2, 0) is 21.1 Å². The predicted molar refractivity (Wildman–Crippen MR) is 39.6 cm³/mol. The maximum Gasteiger partial charge on any atom is 2.00 e. The van der Waals surface area contributed by atoms with E-state index in [0.717, 1.165) is 12.8 Å². The first-order valence-corrected chi connectivity index (χ1v) is 3.90. The number of hydrogen-bond donors (Lipinski definition) is 2. The minimum absolute atomic E-state index is 0. The van der Waals surface area contributed by atoms with Gasteiger partial charge in [-0.3, -0.25) is 0 Å². The van der Waals surface area contributed by atoms with Gasteiger partial charge in [0.2, 0.25) is 0 Å². The fourth-order valence-electron chi connectivity index (χ4n) is 1.21. The first kappa shape index (κ1) is 15.4. The van der Waals surface area contributed by atoms with Crippen molar-refractivity contribution < 1.29 is 36.1 Å². The molecule has 0 aromatic heterocycles. The van der Waals surface area contributed by atoms with Gasteiger partial charge in [-0.05, 0) is 19.0 Å². The van der Waals surface area contributed by atoms with E-state index in [1.54, 1.807) is 0 Å². The van der Waals surface area contributed by atoms with Crippen LogP contribution in [0.4, 0.5) is 4.79 Å². The van der Waals surface area contributed by atoms with Crippen molar-refractivity contribution in [1.29, 1.82) is 0 Å². The van der Waals surface area contributed by atoms with E-state index in [0.29, 0.717) is 0 Å². The van der Waals surface area contributed by atoms with Gasteiger partial charge in [0, 0.05) is 0 Å². The Morgan fingerprint density at radius 2 is 1.38 bits per heavy atom. The monoisotopic (exact) mass is 369 g/mol. The molecule has 1 saturated carbocycles. The van der Waals surface area contributed by atoms with Crippen LogP contribution in [0.25, 0.3) is 0 Å². The molecule has 4 N–H and O–H groups in total. The SMILES string of the molecule is NC1(N)CCCCC1.O=C([O-])[O-].[Pt+2]. The summed E-state index contributed by atoms with van der Waals surface area (Å²) in [6.45, 7) is 0. The maximum absolute atomic E-state index is 8.33. The zero-order chi connectivity index (χ0) is 9.61. The molecule has 0 radical (unpaired) electrons. The van der Waals surface area contributed by atoms with E-state index in [1.807, 2.05) is 0 Å². The van der Waals surface area contributed by atoms with Crippen molar-refractivity contribution in [3.63, 3.8) is 0 Å². The summed E-state index contributed by atoms with van der Waals surface area (Å²) in [6.07, 6.45) is 3.43. The molecule has 0 aromatic carbocycles. The Kier molecular flexibility index (Phi) is 8.62. The normalized spacial score (nSPS) is 18.9. The summed E-state index contributed by atoms with van der Waals surface area (Å²) in [7, 11) is 0. The number of nitrogens with two attached hydrogens (primary N) is 2. The molecule has 0 spiro atoms. The zero-order valence-electron chi connectivity index (χ0n) is 7.23. The number of carboxylic acid groups (broad SMARTS) is 2. The van der Waals surface area contributed by atoms with Gasteiger partial charge in [-0.15, -0.1) is 0 Å². The third-order valence-corrected chi connectivity index (χ3v) is 1.78. The molecular formula is C7H14N2O3Pt. The topological polar surface area (TPSA) is 115 Å². The molecule has 0 aliphatic heterocycles. The van der Waals surface area contributed by atoms with Gasteiger partial charge < -0.3 is 26.5 Å². The van der Waals surface area contributed by atoms with Crippen molar-refractivity contribution in [2.45, 2.75) is 37.8 Å². The molecule has 6 heteroatoms. The number of carbonyl (C=O) groups is 1. The minimum Gasteiger partial charge on any atom is -0.652 e. The Balaban J connectivity index is 0. The first-order valence-electron chi connectivity index (χ1n) is 3.90. The van der Waals surface area contributed by atoms with E-state index in [1.165, 1.54) is 19.3 Å². The second kappa shape index (κ2) is 7.30. The smallest absolute Gasteiger partial charge is 0.652 e. The van der Waals surface area contributed by atoms with E-state index in [4.69, 9.17) is 26.5 Å². The van der Waals surface area contributed by atoms with Crippen molar-refractivity contribution >= 4 is 6.16 Å². The summed E-state index contributed by atoms with van der Waals surface area (Å²) >= 11 is 0. The maximum atomic E-state index is 8.33.